The third-order valence-corrected chi connectivity index (χ3v) is 2.19. The standard InChI is InChI=1S/C10H14N2O4/c1-7(16-2)5-11-8(13)6-12-9(14)3-4-10(12)15/h3-4,7H,5-6H2,1-2H3,(H,11,13)/t7-/m1/s1. The highest BCUT2D eigenvalue weighted by atomic mass is 16.5. The van der Waals surface area contributed by atoms with E-state index in [4.69, 9.17) is 4.74 Å². The van der Waals surface area contributed by atoms with Crippen molar-refractivity contribution in [2.45, 2.75) is 13.0 Å². The highest BCUT2D eigenvalue weighted by molar-refractivity contribution is 6.14. The van der Waals surface area contributed by atoms with Crippen LogP contribution in [0.25, 0.3) is 0 Å². The molecule has 0 aliphatic carbocycles. The maximum absolute atomic E-state index is 11.4. The second-order valence-corrected chi connectivity index (χ2v) is 3.45. The lowest BCUT2D eigenvalue weighted by Gasteiger charge is -2.15. The molecule has 0 saturated heterocycles. The third kappa shape index (κ3) is 3.16. The van der Waals surface area contributed by atoms with Gasteiger partial charge < -0.3 is 10.1 Å². The van der Waals surface area contributed by atoms with Gasteiger partial charge in [-0.2, -0.15) is 0 Å². The number of nitrogens with zero attached hydrogens (tertiary/aromatic N) is 1. The number of rotatable bonds is 5. The van der Waals surface area contributed by atoms with Crippen molar-refractivity contribution in [1.82, 2.24) is 10.2 Å². The molecule has 1 atom stereocenters. The minimum atomic E-state index is -0.458. The topological polar surface area (TPSA) is 75.7 Å². The van der Waals surface area contributed by atoms with Crippen LogP contribution in [-0.4, -0.2) is 48.9 Å². The van der Waals surface area contributed by atoms with Gasteiger partial charge in [-0.25, -0.2) is 0 Å². The molecule has 1 rings (SSSR count). The number of hydrogen-bond donors (Lipinski definition) is 1. The van der Waals surface area contributed by atoms with E-state index < -0.39 is 11.8 Å². The Labute approximate surface area is 93.2 Å². The predicted molar refractivity (Wildman–Crippen MR) is 55.3 cm³/mol. The van der Waals surface area contributed by atoms with Crippen molar-refractivity contribution in [2.24, 2.45) is 0 Å². The van der Waals surface area contributed by atoms with Crippen molar-refractivity contribution in [3.8, 4) is 0 Å². The molecule has 1 aliphatic heterocycles. The Morgan fingerprint density at radius 3 is 2.50 bits per heavy atom. The molecule has 6 heteroatoms. The van der Waals surface area contributed by atoms with E-state index in [-0.39, 0.29) is 18.6 Å². The summed E-state index contributed by atoms with van der Waals surface area (Å²) in [7, 11) is 1.54. The Kier molecular flexibility index (Phi) is 4.19. The van der Waals surface area contributed by atoms with E-state index in [0.29, 0.717) is 6.54 Å². The number of ether oxygens (including phenoxy) is 1. The van der Waals surface area contributed by atoms with E-state index in [1.54, 1.807) is 6.92 Å². The molecular weight excluding hydrogens is 212 g/mol. The number of imide groups is 1. The number of methoxy groups -OCH3 is 1. The normalized spacial score (nSPS) is 16.8. The van der Waals surface area contributed by atoms with Crippen molar-refractivity contribution < 1.29 is 19.1 Å². The molecule has 0 spiro atoms. The molecule has 88 valence electrons. The number of nitrogens with one attached hydrogen (secondary N) is 1. The lowest BCUT2D eigenvalue weighted by molar-refractivity contribution is -0.141. The number of amides is 3. The smallest absolute Gasteiger partial charge is 0.254 e. The first-order chi connectivity index (χ1) is 7.54. The summed E-state index contributed by atoms with van der Waals surface area (Å²) in [4.78, 5) is 34.5. The van der Waals surface area contributed by atoms with E-state index >= 15 is 0 Å². The van der Waals surface area contributed by atoms with Crippen LogP contribution in [0.4, 0.5) is 0 Å². The number of carbonyl (C=O) groups excluding carboxylic acids is 3. The van der Waals surface area contributed by atoms with Crippen LogP contribution in [0.15, 0.2) is 12.2 Å². The molecule has 0 fully saturated rings. The van der Waals surface area contributed by atoms with Gasteiger partial charge in [0.25, 0.3) is 11.8 Å². The molecular formula is C10H14N2O4. The maximum Gasteiger partial charge on any atom is 0.254 e. The summed E-state index contributed by atoms with van der Waals surface area (Å²) in [6.45, 7) is 1.90. The summed E-state index contributed by atoms with van der Waals surface area (Å²) in [5, 5.41) is 2.56. The Balaban J connectivity index is 2.35. The number of hydrogen-bond acceptors (Lipinski definition) is 4. The van der Waals surface area contributed by atoms with Crippen LogP contribution in [0.3, 0.4) is 0 Å². The summed E-state index contributed by atoms with van der Waals surface area (Å²) in [6, 6.07) is 0. The van der Waals surface area contributed by atoms with Crippen molar-refractivity contribution in [3.05, 3.63) is 12.2 Å². The van der Waals surface area contributed by atoms with E-state index in [1.165, 1.54) is 7.11 Å². The van der Waals surface area contributed by atoms with Crippen molar-refractivity contribution in [2.75, 3.05) is 20.2 Å². The average Bonchev–Trinajstić information content (AvgIpc) is 2.57. The molecule has 1 heterocycles. The quantitative estimate of drug-likeness (QED) is 0.614. The Hall–Kier alpha value is -1.69. The highest BCUT2D eigenvalue weighted by Gasteiger charge is 2.25. The fourth-order valence-electron chi connectivity index (χ4n) is 1.13. The van der Waals surface area contributed by atoms with Crippen LogP contribution < -0.4 is 5.32 Å². The second kappa shape index (κ2) is 5.41. The Morgan fingerprint density at radius 2 is 2.00 bits per heavy atom. The Bertz CT molecular complexity index is 320. The van der Waals surface area contributed by atoms with Crippen LogP contribution in [0.1, 0.15) is 6.92 Å². The maximum atomic E-state index is 11.4. The molecule has 0 saturated carbocycles. The van der Waals surface area contributed by atoms with E-state index in [1.807, 2.05) is 0 Å². The summed E-state index contributed by atoms with van der Waals surface area (Å²) in [5.41, 5.74) is 0. The van der Waals surface area contributed by atoms with Gasteiger partial charge in [0.1, 0.15) is 6.54 Å². The molecule has 0 radical (unpaired) electrons. The minimum Gasteiger partial charge on any atom is -0.380 e. The predicted octanol–water partition coefficient (Wildman–Crippen LogP) is -0.937. The molecule has 16 heavy (non-hydrogen) atoms. The molecule has 6 nitrogen and oxygen atoms in total. The average molecular weight is 226 g/mol. The van der Waals surface area contributed by atoms with Gasteiger partial charge in [0.2, 0.25) is 5.91 Å². The van der Waals surface area contributed by atoms with E-state index in [2.05, 4.69) is 5.32 Å². The summed E-state index contributed by atoms with van der Waals surface area (Å²) in [6.07, 6.45) is 2.19. The van der Waals surface area contributed by atoms with Crippen LogP contribution in [0.2, 0.25) is 0 Å². The van der Waals surface area contributed by atoms with Gasteiger partial charge in [0.05, 0.1) is 6.10 Å². The zero-order valence-electron chi connectivity index (χ0n) is 9.23. The minimum absolute atomic E-state index is 0.105. The van der Waals surface area contributed by atoms with Crippen molar-refractivity contribution >= 4 is 17.7 Å². The highest BCUT2D eigenvalue weighted by Crippen LogP contribution is 2.02. The van der Waals surface area contributed by atoms with Crippen LogP contribution in [0, 0.1) is 0 Å². The van der Waals surface area contributed by atoms with Gasteiger partial charge in [-0.3, -0.25) is 19.3 Å². The summed E-state index contributed by atoms with van der Waals surface area (Å²) in [5.74, 6) is -1.30. The lowest BCUT2D eigenvalue weighted by Crippen LogP contribution is -2.42. The summed E-state index contributed by atoms with van der Waals surface area (Å²) < 4.78 is 4.94. The van der Waals surface area contributed by atoms with Gasteiger partial charge in [-0.15, -0.1) is 0 Å². The lowest BCUT2D eigenvalue weighted by atomic mass is 10.4. The van der Waals surface area contributed by atoms with Gasteiger partial charge in [-0.05, 0) is 6.92 Å². The second-order valence-electron chi connectivity index (χ2n) is 3.45. The first kappa shape index (κ1) is 12.4. The van der Waals surface area contributed by atoms with Gasteiger partial charge in [0, 0.05) is 25.8 Å². The molecule has 3 amide bonds. The van der Waals surface area contributed by atoms with Crippen LogP contribution in [0.5, 0.6) is 0 Å². The van der Waals surface area contributed by atoms with Gasteiger partial charge in [-0.1, -0.05) is 0 Å². The zero-order chi connectivity index (χ0) is 12.1. The van der Waals surface area contributed by atoms with Crippen LogP contribution in [-0.2, 0) is 19.1 Å². The molecule has 0 aromatic carbocycles. The third-order valence-electron chi connectivity index (χ3n) is 2.19. The van der Waals surface area contributed by atoms with Crippen LogP contribution >= 0.6 is 0 Å². The molecule has 0 bridgehead atoms. The van der Waals surface area contributed by atoms with Gasteiger partial charge >= 0.3 is 0 Å². The van der Waals surface area contributed by atoms with E-state index in [0.717, 1.165) is 17.1 Å². The molecule has 1 aliphatic rings. The molecule has 0 aromatic heterocycles. The fraction of sp³-hybridized carbons (Fsp3) is 0.500. The molecule has 0 unspecified atom stereocenters. The molecule has 0 aromatic rings. The van der Waals surface area contributed by atoms with Crippen molar-refractivity contribution in [1.29, 1.82) is 0 Å². The SMILES string of the molecule is CO[C@H](C)CNC(=O)CN1C(=O)C=CC1=O. The first-order valence-electron chi connectivity index (χ1n) is 4.87. The van der Waals surface area contributed by atoms with E-state index in [9.17, 15) is 14.4 Å². The van der Waals surface area contributed by atoms with Crippen molar-refractivity contribution in [3.63, 3.8) is 0 Å². The summed E-state index contributed by atoms with van der Waals surface area (Å²) >= 11 is 0. The monoisotopic (exact) mass is 226 g/mol. The van der Waals surface area contributed by atoms with Gasteiger partial charge in [0.15, 0.2) is 0 Å². The fourth-order valence-corrected chi connectivity index (χ4v) is 1.13. The zero-order valence-corrected chi connectivity index (χ0v) is 9.23. The molecule has 1 N–H and O–H groups in total. The largest absolute Gasteiger partial charge is 0.380 e. The Morgan fingerprint density at radius 1 is 1.44 bits per heavy atom. The first-order valence-corrected chi connectivity index (χ1v) is 4.87. The number of carbonyl (C=O) groups is 3.